The van der Waals surface area contributed by atoms with Crippen LogP contribution in [0.1, 0.15) is 84.3 Å². The number of nitrogens with one attached hydrogen (secondary N) is 3. The van der Waals surface area contributed by atoms with Crippen LogP contribution in [0.5, 0.6) is 0 Å². The molecule has 0 fully saturated rings. The predicted octanol–water partition coefficient (Wildman–Crippen LogP) is 3.18. The quantitative estimate of drug-likeness (QED) is 0.0804. The predicted molar refractivity (Wildman–Crippen MR) is 182 cm³/mol. The summed E-state index contributed by atoms with van der Waals surface area (Å²) in [5.74, 6) is -1.99. The van der Waals surface area contributed by atoms with Gasteiger partial charge in [0.2, 0.25) is 17.7 Å². The third kappa shape index (κ3) is 15.1. The Balaban J connectivity index is 1.86. The number of nitrogens with zero attached hydrogens (tertiary/aromatic N) is 1. The van der Waals surface area contributed by atoms with Crippen molar-refractivity contribution < 1.29 is 41.7 Å². The minimum atomic E-state index is -4.00. The molecule has 0 unspecified atom stereocenters. The maximum atomic E-state index is 13.1. The summed E-state index contributed by atoms with van der Waals surface area (Å²) in [6, 6.07) is 4.01. The average Bonchev–Trinajstić information content (AvgIpc) is 3.31. The molecule has 0 saturated heterocycles. The minimum Gasteiger partial charge on any atom is -0.381 e. The first-order chi connectivity index (χ1) is 22.6. The van der Waals surface area contributed by atoms with Crippen LogP contribution in [0, 0.1) is 11.8 Å². The summed E-state index contributed by atoms with van der Waals surface area (Å²) < 4.78 is 36.0. The Morgan fingerprint density at radius 2 is 1.52 bits per heavy atom. The summed E-state index contributed by atoms with van der Waals surface area (Å²) in [6.45, 7) is 10.4. The van der Waals surface area contributed by atoms with Gasteiger partial charge >= 0.3 is 0 Å². The Morgan fingerprint density at radius 1 is 0.854 bits per heavy atom. The van der Waals surface area contributed by atoms with Crippen LogP contribution in [0.15, 0.2) is 30.4 Å². The van der Waals surface area contributed by atoms with E-state index in [-0.39, 0.29) is 48.8 Å². The van der Waals surface area contributed by atoms with Crippen molar-refractivity contribution in [3.8, 4) is 0 Å². The lowest BCUT2D eigenvalue weighted by Gasteiger charge is -2.24. The van der Waals surface area contributed by atoms with Gasteiger partial charge in [-0.25, -0.2) is 0 Å². The van der Waals surface area contributed by atoms with Crippen molar-refractivity contribution in [2.75, 3.05) is 30.8 Å². The van der Waals surface area contributed by atoms with Crippen molar-refractivity contribution in [3.63, 3.8) is 0 Å². The fraction of sp³-hybridized carbons (Fsp3) is 0.618. The van der Waals surface area contributed by atoms with E-state index in [2.05, 4.69) is 29.8 Å². The molecule has 1 aromatic carbocycles. The fourth-order valence-corrected chi connectivity index (χ4v) is 5.65. The third-order valence-electron chi connectivity index (χ3n) is 7.73. The van der Waals surface area contributed by atoms with Crippen LogP contribution in [-0.4, -0.2) is 85.0 Å². The molecule has 48 heavy (non-hydrogen) atoms. The van der Waals surface area contributed by atoms with E-state index in [4.69, 9.17) is 9.29 Å². The number of hydrogen-bond acceptors (Lipinski definition) is 8. The first-order valence-corrected chi connectivity index (χ1v) is 18.3. The molecule has 2 rings (SSSR count). The number of anilines is 1. The fourth-order valence-electron chi connectivity index (χ4n) is 5.17. The Morgan fingerprint density at radius 3 is 2.15 bits per heavy atom. The number of carbonyl (C=O) groups is 5. The summed E-state index contributed by atoms with van der Waals surface area (Å²) in [6.07, 6.45) is 6.83. The van der Waals surface area contributed by atoms with Crippen LogP contribution in [0.3, 0.4) is 0 Å². The monoisotopic (exact) mass is 692 g/mol. The number of aryl methyl sites for hydroxylation is 1. The molecule has 0 saturated carbocycles. The minimum absolute atomic E-state index is 0.183. The van der Waals surface area contributed by atoms with Gasteiger partial charge in [0.1, 0.15) is 12.1 Å². The lowest BCUT2D eigenvalue weighted by Crippen LogP contribution is -2.53. The lowest BCUT2D eigenvalue weighted by atomic mass is 9.95. The number of unbranched alkanes of at least 4 members (excludes halogenated alkanes) is 2. The van der Waals surface area contributed by atoms with Gasteiger partial charge in [0.15, 0.2) is 0 Å². The number of amides is 5. The number of hydrogen-bond donors (Lipinski definition) is 4. The van der Waals surface area contributed by atoms with Crippen LogP contribution in [0.4, 0.5) is 5.69 Å². The van der Waals surface area contributed by atoms with Crippen molar-refractivity contribution in [3.05, 3.63) is 41.5 Å². The molecule has 4 N–H and O–H groups in total. The molecule has 0 aromatic heterocycles. The normalized spacial score (nSPS) is 14.5. The molecule has 2 atom stereocenters. The van der Waals surface area contributed by atoms with E-state index in [0.717, 1.165) is 22.4 Å². The molecule has 14 heteroatoms. The van der Waals surface area contributed by atoms with E-state index in [9.17, 15) is 32.4 Å². The molecule has 5 amide bonds. The van der Waals surface area contributed by atoms with E-state index in [1.165, 1.54) is 12.2 Å². The highest BCUT2D eigenvalue weighted by Crippen LogP contribution is 2.21. The molecular weight excluding hydrogens is 640 g/mol. The number of benzene rings is 1. The molecule has 1 aliphatic rings. The summed E-state index contributed by atoms with van der Waals surface area (Å²) in [5.41, 5.74) is 2.79. The second-order valence-corrected chi connectivity index (χ2v) is 14.5. The van der Waals surface area contributed by atoms with Crippen molar-refractivity contribution in [1.29, 1.82) is 0 Å². The molecule has 1 heterocycles. The molecule has 0 bridgehead atoms. The van der Waals surface area contributed by atoms with E-state index >= 15 is 0 Å². The molecule has 0 spiro atoms. The molecule has 1 aliphatic heterocycles. The van der Waals surface area contributed by atoms with Gasteiger partial charge in [0, 0.05) is 44.0 Å². The van der Waals surface area contributed by atoms with E-state index < -0.39 is 34.0 Å². The Labute approximate surface area is 284 Å². The van der Waals surface area contributed by atoms with Gasteiger partial charge < -0.3 is 20.7 Å². The van der Waals surface area contributed by atoms with Gasteiger partial charge in [-0.1, -0.05) is 40.2 Å². The van der Waals surface area contributed by atoms with Crippen LogP contribution in [0.25, 0.3) is 0 Å². The summed E-state index contributed by atoms with van der Waals surface area (Å²) in [4.78, 5) is 63.2. The van der Waals surface area contributed by atoms with Crippen molar-refractivity contribution in [2.45, 2.75) is 98.1 Å². The number of carbonyl (C=O) groups excluding carboxylic acids is 5. The third-order valence-corrected chi connectivity index (χ3v) is 8.54. The van der Waals surface area contributed by atoms with Gasteiger partial charge in [0.25, 0.3) is 21.9 Å². The zero-order chi connectivity index (χ0) is 35.9. The molecule has 1 aromatic rings. The number of imide groups is 1. The summed E-state index contributed by atoms with van der Waals surface area (Å²) >= 11 is 0. The number of rotatable bonds is 22. The highest BCUT2D eigenvalue weighted by atomic mass is 32.2. The van der Waals surface area contributed by atoms with Crippen LogP contribution in [-0.2, 0) is 51.7 Å². The number of ether oxygens (including phenoxy) is 1. The Kier molecular flexibility index (Phi) is 16.9. The van der Waals surface area contributed by atoms with Crippen LogP contribution in [0.2, 0.25) is 0 Å². The average molecular weight is 693 g/mol. The van der Waals surface area contributed by atoms with Crippen molar-refractivity contribution >= 4 is 45.3 Å². The molecule has 0 radical (unpaired) electrons. The van der Waals surface area contributed by atoms with Gasteiger partial charge in [-0.2, -0.15) is 8.42 Å². The second-order valence-electron chi connectivity index (χ2n) is 12.9. The topological polar surface area (TPSA) is 188 Å². The van der Waals surface area contributed by atoms with Gasteiger partial charge in [0.05, 0.1) is 5.75 Å². The van der Waals surface area contributed by atoms with Crippen LogP contribution < -0.4 is 16.0 Å². The molecule has 268 valence electrons. The lowest BCUT2D eigenvalue weighted by molar-refractivity contribution is -0.137. The van der Waals surface area contributed by atoms with Gasteiger partial charge in [-0.15, -0.1) is 0 Å². The van der Waals surface area contributed by atoms with Crippen molar-refractivity contribution in [1.82, 2.24) is 15.5 Å². The Hall–Kier alpha value is -3.62. The first-order valence-electron chi connectivity index (χ1n) is 16.7. The highest BCUT2D eigenvalue weighted by molar-refractivity contribution is 7.85. The Bertz CT molecular complexity index is 1390. The SMILES string of the molecule is CC(C)Cc1ccc(NC(=O)[C@H](C)NC(=O)[C@@H](NC(=O)CCCCCN2C(=O)C=CC2=O)C(C)C)cc1CCCOCCCS(=O)(=O)O. The zero-order valence-electron chi connectivity index (χ0n) is 28.8. The largest absolute Gasteiger partial charge is 0.381 e. The summed E-state index contributed by atoms with van der Waals surface area (Å²) in [5, 5.41) is 8.35. The van der Waals surface area contributed by atoms with Gasteiger partial charge in [-0.05, 0) is 80.5 Å². The van der Waals surface area contributed by atoms with Gasteiger partial charge in [-0.3, -0.25) is 33.4 Å². The zero-order valence-corrected chi connectivity index (χ0v) is 29.6. The standard InChI is InChI=1S/C34H52N4O9S/c1-23(2)21-27-13-14-28(22-26(27)11-9-18-47-19-10-20-48(44,45)46)36-33(42)25(5)35-34(43)32(24(3)4)37-29(39)12-7-6-8-17-38-30(40)15-16-31(38)41/h13-16,22-25,32H,6-12,17-21H2,1-5H3,(H,35,43)(H,36,42)(H,37,39)(H,44,45,46)/t25-,32-/m0/s1. The van der Waals surface area contributed by atoms with E-state index in [1.807, 2.05) is 18.2 Å². The first kappa shape index (κ1) is 40.6. The molecule has 13 nitrogen and oxygen atoms in total. The maximum Gasteiger partial charge on any atom is 0.264 e. The highest BCUT2D eigenvalue weighted by Gasteiger charge is 2.27. The maximum absolute atomic E-state index is 13.1. The second kappa shape index (κ2) is 20.0. The van der Waals surface area contributed by atoms with Crippen molar-refractivity contribution in [2.24, 2.45) is 11.8 Å². The van der Waals surface area contributed by atoms with E-state index in [1.54, 1.807) is 20.8 Å². The summed E-state index contributed by atoms with van der Waals surface area (Å²) in [7, 11) is -4.00. The van der Waals surface area contributed by atoms with E-state index in [0.29, 0.717) is 56.9 Å². The molecule has 0 aliphatic carbocycles. The smallest absolute Gasteiger partial charge is 0.264 e. The molecular formula is C34H52N4O9S. The van der Waals surface area contributed by atoms with Crippen LogP contribution >= 0.6 is 0 Å².